The van der Waals surface area contributed by atoms with Crippen LogP contribution in [0.25, 0.3) is 0 Å². The first kappa shape index (κ1) is 16.4. The summed E-state index contributed by atoms with van der Waals surface area (Å²) in [5.74, 6) is -0.800. The lowest BCUT2D eigenvalue weighted by Crippen LogP contribution is -2.19. The molecule has 0 saturated heterocycles. The monoisotopic (exact) mass is 271 g/mol. The van der Waals surface area contributed by atoms with Crippen molar-refractivity contribution in [1.29, 1.82) is 0 Å². The van der Waals surface area contributed by atoms with Crippen molar-refractivity contribution < 1.29 is 14.6 Å². The van der Waals surface area contributed by atoms with Crippen molar-refractivity contribution in [2.24, 2.45) is 11.7 Å². The van der Waals surface area contributed by atoms with Crippen LogP contribution in [-0.2, 0) is 4.57 Å². The van der Waals surface area contributed by atoms with Crippen LogP contribution in [0.1, 0.15) is 38.5 Å². The smallest absolute Gasteiger partial charge is 0.228 e. The summed E-state index contributed by atoms with van der Waals surface area (Å²) in [6, 6.07) is 0. The second kappa shape index (κ2) is 7.67. The van der Waals surface area contributed by atoms with Gasteiger partial charge in [-0.25, -0.2) is 0 Å². The minimum Gasteiger partial charge on any atom is -0.383 e. The van der Waals surface area contributed by atoms with Crippen LogP contribution in [-0.4, -0.2) is 28.6 Å². The normalized spacial score (nSPS) is 23.2. The zero-order chi connectivity index (χ0) is 11.3. The molecular weight excluding hydrogens is 249 g/mol. The highest BCUT2D eigenvalue weighted by Crippen LogP contribution is 2.49. The van der Waals surface area contributed by atoms with E-state index in [0.29, 0.717) is 5.92 Å². The topological polar surface area (TPSA) is 83.5 Å². The van der Waals surface area contributed by atoms with Crippen LogP contribution in [0.5, 0.6) is 0 Å². The molecule has 4 nitrogen and oxygen atoms in total. The number of aliphatic hydroxyl groups excluding tert-OH is 1. The van der Waals surface area contributed by atoms with Crippen molar-refractivity contribution in [3.63, 3.8) is 0 Å². The van der Waals surface area contributed by atoms with Gasteiger partial charge < -0.3 is 15.7 Å². The second-order valence-electron chi connectivity index (χ2n) is 4.50. The fourth-order valence-electron chi connectivity index (χ4n) is 2.21. The molecule has 0 radical (unpaired) electrons. The van der Waals surface area contributed by atoms with Crippen LogP contribution in [0, 0.1) is 5.92 Å². The molecule has 2 atom stereocenters. The van der Waals surface area contributed by atoms with E-state index >= 15 is 0 Å². The van der Waals surface area contributed by atoms with E-state index in [1.807, 2.05) is 0 Å². The summed E-state index contributed by atoms with van der Waals surface area (Å²) < 4.78 is 11.8. The molecule has 16 heavy (non-hydrogen) atoms. The third-order valence-corrected chi connectivity index (χ3v) is 5.36. The first-order valence-electron chi connectivity index (χ1n) is 5.76. The first-order chi connectivity index (χ1) is 7.06. The Morgan fingerprint density at radius 3 is 2.38 bits per heavy atom. The first-order valence-corrected chi connectivity index (χ1v) is 7.67. The molecule has 0 bridgehead atoms. The zero-order valence-electron chi connectivity index (χ0n) is 9.55. The molecule has 1 saturated carbocycles. The summed E-state index contributed by atoms with van der Waals surface area (Å²) in [6.45, 7) is 0.260. The summed E-state index contributed by atoms with van der Waals surface area (Å²) in [6.07, 6.45) is 6.08. The van der Waals surface area contributed by atoms with Crippen LogP contribution < -0.4 is 5.73 Å². The van der Waals surface area contributed by atoms with E-state index < -0.39 is 13.2 Å². The van der Waals surface area contributed by atoms with E-state index in [1.165, 1.54) is 6.42 Å². The summed E-state index contributed by atoms with van der Waals surface area (Å²) >= 11 is 0. The summed E-state index contributed by atoms with van der Waals surface area (Å²) in [5, 5.41) is 9.51. The van der Waals surface area contributed by atoms with E-state index in [4.69, 9.17) is 5.73 Å². The fourth-order valence-corrected chi connectivity index (χ4v) is 4.11. The Kier molecular flexibility index (Phi) is 7.87. The quantitative estimate of drug-likeness (QED) is 0.667. The van der Waals surface area contributed by atoms with Gasteiger partial charge in [0.25, 0.3) is 0 Å². The van der Waals surface area contributed by atoms with Crippen molar-refractivity contribution in [2.45, 2.75) is 44.4 Å². The zero-order valence-corrected chi connectivity index (χ0v) is 11.3. The van der Waals surface area contributed by atoms with Gasteiger partial charge in [-0.1, -0.05) is 19.3 Å². The largest absolute Gasteiger partial charge is 0.383 e. The predicted octanol–water partition coefficient (Wildman–Crippen LogP) is 1.93. The number of nitrogens with two attached hydrogens (primary N) is 1. The van der Waals surface area contributed by atoms with E-state index in [-0.39, 0.29) is 31.5 Å². The Hall–Kier alpha value is 0.400. The minimum absolute atomic E-state index is 0. The standard InChI is InChI=1S/C10H22NO3P.ClH/c11-7-6-10(12)15(13,14)8-9-4-2-1-3-5-9;/h9-10,12H,1-8,11H2,(H,13,14);1H. The van der Waals surface area contributed by atoms with Gasteiger partial charge in [0, 0.05) is 6.16 Å². The van der Waals surface area contributed by atoms with Crippen LogP contribution in [0.4, 0.5) is 0 Å². The molecule has 0 heterocycles. The van der Waals surface area contributed by atoms with Gasteiger partial charge in [0.2, 0.25) is 7.37 Å². The lowest BCUT2D eigenvalue weighted by molar-refractivity contribution is 0.219. The van der Waals surface area contributed by atoms with E-state index in [2.05, 4.69) is 0 Å². The molecule has 1 fully saturated rings. The maximum absolute atomic E-state index is 11.8. The van der Waals surface area contributed by atoms with Crippen molar-refractivity contribution in [1.82, 2.24) is 0 Å². The fraction of sp³-hybridized carbons (Fsp3) is 1.00. The lowest BCUT2D eigenvalue weighted by Gasteiger charge is -2.26. The van der Waals surface area contributed by atoms with Crippen molar-refractivity contribution in [3.05, 3.63) is 0 Å². The van der Waals surface area contributed by atoms with Gasteiger partial charge in [-0.2, -0.15) is 0 Å². The Labute approximate surface area is 103 Å². The predicted molar refractivity (Wildman–Crippen MR) is 68.2 cm³/mol. The Balaban J connectivity index is 0.00000225. The molecule has 0 aromatic rings. The molecular formula is C10H23ClNO3P. The van der Waals surface area contributed by atoms with Gasteiger partial charge in [-0.05, 0) is 31.7 Å². The Morgan fingerprint density at radius 2 is 1.88 bits per heavy atom. The third-order valence-electron chi connectivity index (χ3n) is 3.14. The van der Waals surface area contributed by atoms with Crippen LogP contribution in [0.15, 0.2) is 0 Å². The molecule has 98 valence electrons. The van der Waals surface area contributed by atoms with Crippen LogP contribution in [0.3, 0.4) is 0 Å². The SMILES string of the molecule is Cl.NCCC(O)P(=O)(O)CC1CCCCC1. The van der Waals surface area contributed by atoms with Gasteiger partial charge in [0.1, 0.15) is 5.85 Å². The average Bonchev–Trinajstić information content (AvgIpc) is 2.19. The number of rotatable bonds is 5. The number of halogens is 1. The van der Waals surface area contributed by atoms with Gasteiger partial charge in [-0.3, -0.25) is 4.57 Å². The Bertz CT molecular complexity index is 234. The molecule has 1 aliphatic rings. The Morgan fingerprint density at radius 1 is 1.31 bits per heavy atom. The summed E-state index contributed by atoms with van der Waals surface area (Å²) in [7, 11) is -3.39. The molecule has 1 aliphatic carbocycles. The van der Waals surface area contributed by atoms with E-state index in [1.54, 1.807) is 0 Å². The molecule has 2 unspecified atom stereocenters. The van der Waals surface area contributed by atoms with Crippen molar-refractivity contribution >= 4 is 19.8 Å². The highest BCUT2D eigenvalue weighted by atomic mass is 35.5. The minimum atomic E-state index is -3.39. The van der Waals surface area contributed by atoms with Crippen LogP contribution in [0.2, 0.25) is 0 Å². The van der Waals surface area contributed by atoms with Gasteiger partial charge in [0.05, 0.1) is 0 Å². The molecule has 0 aromatic heterocycles. The van der Waals surface area contributed by atoms with Crippen molar-refractivity contribution in [3.8, 4) is 0 Å². The molecule has 0 aromatic carbocycles. The maximum atomic E-state index is 11.8. The molecule has 0 amide bonds. The van der Waals surface area contributed by atoms with E-state index in [0.717, 1.165) is 25.7 Å². The van der Waals surface area contributed by atoms with Gasteiger partial charge in [-0.15, -0.1) is 12.4 Å². The highest BCUT2D eigenvalue weighted by molar-refractivity contribution is 7.58. The lowest BCUT2D eigenvalue weighted by atomic mass is 9.91. The van der Waals surface area contributed by atoms with Gasteiger partial charge >= 0.3 is 0 Å². The molecule has 1 rings (SSSR count). The average molecular weight is 272 g/mol. The van der Waals surface area contributed by atoms with Crippen molar-refractivity contribution in [2.75, 3.05) is 12.7 Å². The number of hydrogen-bond acceptors (Lipinski definition) is 3. The van der Waals surface area contributed by atoms with E-state index in [9.17, 15) is 14.6 Å². The second-order valence-corrected chi connectivity index (χ2v) is 6.97. The molecule has 6 heteroatoms. The maximum Gasteiger partial charge on any atom is 0.228 e. The molecule has 0 spiro atoms. The summed E-state index contributed by atoms with van der Waals surface area (Å²) in [4.78, 5) is 9.72. The van der Waals surface area contributed by atoms with Gasteiger partial charge in [0.15, 0.2) is 0 Å². The molecule has 4 N–H and O–H groups in total. The third kappa shape index (κ3) is 5.15. The number of aliphatic hydroxyl groups is 1. The van der Waals surface area contributed by atoms with Crippen LogP contribution >= 0.6 is 19.8 Å². The number of hydrogen-bond donors (Lipinski definition) is 3. The highest BCUT2D eigenvalue weighted by Gasteiger charge is 2.31. The summed E-state index contributed by atoms with van der Waals surface area (Å²) in [5.41, 5.74) is 5.27. The molecule has 0 aliphatic heterocycles.